The van der Waals surface area contributed by atoms with Gasteiger partial charge in [0, 0.05) is 41.4 Å². The molecule has 0 fully saturated rings. The number of hydrogen-bond acceptors (Lipinski definition) is 3. The molecule has 2 aromatic rings. The molecule has 0 aliphatic heterocycles. The number of hydrogen-bond donors (Lipinski definition) is 0. The highest BCUT2D eigenvalue weighted by Crippen LogP contribution is 2.32. The Labute approximate surface area is 116 Å². The largest absolute Gasteiger partial charge is 0.280 e. The number of aromatic nitrogens is 1. The third-order valence-corrected chi connectivity index (χ3v) is 4.45. The van der Waals surface area contributed by atoms with Crippen LogP contribution in [-0.4, -0.2) is 3.97 Å². The van der Waals surface area contributed by atoms with E-state index in [4.69, 9.17) is 10.5 Å². The van der Waals surface area contributed by atoms with E-state index in [0.717, 1.165) is 22.2 Å². The second kappa shape index (κ2) is 4.99. The van der Waals surface area contributed by atoms with Crippen molar-refractivity contribution >= 4 is 41.2 Å². The van der Waals surface area contributed by atoms with Crippen LogP contribution in [0.3, 0.4) is 0 Å². The predicted octanol–water partition coefficient (Wildman–Crippen LogP) is 3.93. The van der Waals surface area contributed by atoms with Gasteiger partial charge in [0.05, 0.1) is 17.7 Å². The van der Waals surface area contributed by atoms with Crippen molar-refractivity contribution in [2.45, 2.75) is 12.8 Å². The van der Waals surface area contributed by atoms with E-state index in [1.54, 1.807) is 9.12 Å². The van der Waals surface area contributed by atoms with Crippen molar-refractivity contribution < 1.29 is 0 Å². The average Bonchev–Trinajstić information content (AvgIpc) is 2.67. The highest BCUT2D eigenvalue weighted by molar-refractivity contribution is 14.2. The molecule has 0 atom stereocenters. The first-order valence-corrected chi connectivity index (χ1v) is 8.23. The van der Waals surface area contributed by atoms with Crippen LogP contribution in [0, 0.1) is 29.6 Å². The molecule has 0 radical (unpaired) electrons. The molecular formula is C12H8IN3S. The minimum atomic E-state index is -0.701. The molecule has 0 aliphatic rings. The zero-order valence-electron chi connectivity index (χ0n) is 9.01. The SMILES string of the molecule is Cc1cc2c(C(C#N)C#N)cccc2n1SI. The van der Waals surface area contributed by atoms with Gasteiger partial charge in [-0.15, -0.1) is 0 Å². The Balaban J connectivity index is 2.76. The topological polar surface area (TPSA) is 52.5 Å². The summed E-state index contributed by atoms with van der Waals surface area (Å²) in [6.45, 7) is 2.02. The summed E-state index contributed by atoms with van der Waals surface area (Å²) in [5.74, 6) is -0.701. The number of nitriles is 2. The second-order valence-electron chi connectivity index (χ2n) is 3.62. The zero-order chi connectivity index (χ0) is 12.4. The van der Waals surface area contributed by atoms with Crippen molar-refractivity contribution in [2.75, 3.05) is 0 Å². The molecule has 84 valence electrons. The quantitative estimate of drug-likeness (QED) is 0.769. The Kier molecular flexibility index (Phi) is 3.60. The molecule has 0 saturated heterocycles. The lowest BCUT2D eigenvalue weighted by molar-refractivity contribution is 1.12. The van der Waals surface area contributed by atoms with Crippen LogP contribution in [0.4, 0.5) is 0 Å². The number of fused-ring (bicyclic) bond motifs is 1. The summed E-state index contributed by atoms with van der Waals surface area (Å²) in [6.07, 6.45) is 0. The number of rotatable bonds is 2. The van der Waals surface area contributed by atoms with Gasteiger partial charge in [0.1, 0.15) is 0 Å². The molecule has 3 nitrogen and oxygen atoms in total. The van der Waals surface area contributed by atoms with E-state index in [9.17, 15) is 0 Å². The fourth-order valence-corrected chi connectivity index (χ4v) is 3.84. The third-order valence-electron chi connectivity index (χ3n) is 2.65. The summed E-state index contributed by atoms with van der Waals surface area (Å²) in [7, 11) is 1.59. The molecule has 0 saturated carbocycles. The Bertz CT molecular complexity index is 634. The Morgan fingerprint density at radius 1 is 1.35 bits per heavy atom. The van der Waals surface area contributed by atoms with Crippen molar-refractivity contribution in [3.8, 4) is 12.1 Å². The van der Waals surface area contributed by atoms with Crippen LogP contribution in [0.5, 0.6) is 0 Å². The number of nitrogens with zero attached hydrogens (tertiary/aromatic N) is 3. The lowest BCUT2D eigenvalue weighted by Gasteiger charge is -2.04. The minimum Gasteiger partial charge on any atom is -0.280 e. The second-order valence-corrected chi connectivity index (χ2v) is 5.31. The van der Waals surface area contributed by atoms with Crippen molar-refractivity contribution in [1.82, 2.24) is 3.97 Å². The molecule has 0 bridgehead atoms. The molecule has 1 aromatic heterocycles. The molecule has 0 amide bonds. The summed E-state index contributed by atoms with van der Waals surface area (Å²) in [5.41, 5.74) is 2.95. The molecular weight excluding hydrogens is 345 g/mol. The first-order valence-electron chi connectivity index (χ1n) is 4.92. The highest BCUT2D eigenvalue weighted by atomic mass is 127. The van der Waals surface area contributed by atoms with E-state index in [-0.39, 0.29) is 0 Å². The average molecular weight is 353 g/mol. The van der Waals surface area contributed by atoms with Crippen LogP contribution in [0.25, 0.3) is 10.9 Å². The summed E-state index contributed by atoms with van der Waals surface area (Å²) in [6, 6.07) is 11.8. The highest BCUT2D eigenvalue weighted by Gasteiger charge is 2.15. The number of benzene rings is 1. The summed E-state index contributed by atoms with van der Waals surface area (Å²) in [4.78, 5) is 0. The predicted molar refractivity (Wildman–Crippen MR) is 77.7 cm³/mol. The molecule has 1 heterocycles. The maximum atomic E-state index is 8.99. The fraction of sp³-hybridized carbons (Fsp3) is 0.167. The lowest BCUT2D eigenvalue weighted by Crippen LogP contribution is -1.92. The molecule has 0 aliphatic carbocycles. The number of halogens is 1. The summed E-state index contributed by atoms with van der Waals surface area (Å²) in [5, 5.41) is 19.0. The minimum absolute atomic E-state index is 0.701. The van der Waals surface area contributed by atoms with E-state index in [0.29, 0.717) is 0 Å². The van der Waals surface area contributed by atoms with Crippen LogP contribution in [-0.2, 0) is 0 Å². The van der Waals surface area contributed by atoms with Gasteiger partial charge in [0.15, 0.2) is 5.92 Å². The molecule has 5 heteroatoms. The van der Waals surface area contributed by atoms with Gasteiger partial charge in [-0.3, -0.25) is 3.97 Å². The van der Waals surface area contributed by atoms with E-state index < -0.39 is 5.92 Å². The molecule has 1 aromatic carbocycles. The first kappa shape index (κ1) is 12.3. The maximum Gasteiger partial charge on any atom is 0.158 e. The van der Waals surface area contributed by atoms with E-state index in [1.165, 1.54) is 0 Å². The Morgan fingerprint density at radius 2 is 2.06 bits per heavy atom. The van der Waals surface area contributed by atoms with Gasteiger partial charge in [-0.25, -0.2) is 0 Å². The van der Waals surface area contributed by atoms with Gasteiger partial charge in [0.2, 0.25) is 0 Å². The monoisotopic (exact) mass is 353 g/mol. The molecule has 0 spiro atoms. The third kappa shape index (κ3) is 2.01. The van der Waals surface area contributed by atoms with Gasteiger partial charge < -0.3 is 0 Å². The Morgan fingerprint density at radius 3 is 2.65 bits per heavy atom. The number of aryl methyl sites for hydroxylation is 1. The summed E-state index contributed by atoms with van der Waals surface area (Å²) < 4.78 is 2.09. The molecule has 17 heavy (non-hydrogen) atoms. The van der Waals surface area contributed by atoms with Gasteiger partial charge >= 0.3 is 0 Å². The van der Waals surface area contributed by atoms with Crippen molar-refractivity contribution in [3.05, 3.63) is 35.5 Å². The molecule has 0 unspecified atom stereocenters. The van der Waals surface area contributed by atoms with Crippen molar-refractivity contribution in [2.24, 2.45) is 0 Å². The lowest BCUT2D eigenvalue weighted by atomic mass is 9.98. The molecule has 2 rings (SSSR count). The normalized spacial score (nSPS) is 10.4. The van der Waals surface area contributed by atoms with E-state index in [1.807, 2.05) is 43.3 Å². The van der Waals surface area contributed by atoms with Crippen LogP contribution >= 0.6 is 30.3 Å². The fourth-order valence-electron chi connectivity index (χ4n) is 1.87. The Hall–Kier alpha value is -1.18. The van der Waals surface area contributed by atoms with Crippen molar-refractivity contribution in [3.63, 3.8) is 0 Å². The van der Waals surface area contributed by atoms with Gasteiger partial charge in [-0.2, -0.15) is 10.5 Å². The smallest absolute Gasteiger partial charge is 0.158 e. The standard InChI is InChI=1S/C12H8IN3S/c1-8-5-11-10(9(6-14)7-15)3-2-4-12(11)16(8)17-13/h2-5,9H,1H3. The van der Waals surface area contributed by atoms with E-state index >= 15 is 0 Å². The van der Waals surface area contributed by atoms with Crippen LogP contribution in [0.1, 0.15) is 17.2 Å². The maximum absolute atomic E-state index is 8.99. The van der Waals surface area contributed by atoms with Crippen molar-refractivity contribution in [1.29, 1.82) is 10.5 Å². The molecule has 0 N–H and O–H groups in total. The van der Waals surface area contributed by atoms with E-state index in [2.05, 4.69) is 25.2 Å². The zero-order valence-corrected chi connectivity index (χ0v) is 12.0. The van der Waals surface area contributed by atoms with Crippen LogP contribution < -0.4 is 0 Å². The van der Waals surface area contributed by atoms with Gasteiger partial charge in [-0.05, 0) is 24.6 Å². The van der Waals surface area contributed by atoms with Gasteiger partial charge in [-0.1, -0.05) is 12.1 Å². The first-order chi connectivity index (χ1) is 8.22. The summed E-state index contributed by atoms with van der Waals surface area (Å²) >= 11 is 2.22. The van der Waals surface area contributed by atoms with Gasteiger partial charge in [0.25, 0.3) is 0 Å². The van der Waals surface area contributed by atoms with Crippen LogP contribution in [0.2, 0.25) is 0 Å². The van der Waals surface area contributed by atoms with Crippen LogP contribution in [0.15, 0.2) is 24.3 Å².